The fourth-order valence-electron chi connectivity index (χ4n) is 5.09. The molecule has 0 amide bonds. The van der Waals surface area contributed by atoms with Gasteiger partial charge in [-0.25, -0.2) is 9.59 Å². The molecule has 0 saturated carbocycles. The summed E-state index contributed by atoms with van der Waals surface area (Å²) < 4.78 is 13.2. The molecule has 5 aromatic rings. The standard InChI is InChI=1S/C29H29N5O5S.K.H/c1-2-21-17-24-26(35)33(12-11-32-13-15-38-16-14-32)29(37)34(27(24)40-21)18-19-7-9-20(10-8-19)22-5-3-4-6-23(22)25-30-28(36)39-31-25;;/h3-10,17H,2,11-16,18H2,1H3,(H,30,31,36);;/q;+1;-1. The van der Waals surface area contributed by atoms with E-state index >= 15 is 0 Å². The van der Waals surface area contributed by atoms with Crippen molar-refractivity contribution in [3.63, 3.8) is 0 Å². The van der Waals surface area contributed by atoms with Crippen LogP contribution in [0.15, 0.2) is 73.5 Å². The Labute approximate surface area is 283 Å². The first-order valence-electron chi connectivity index (χ1n) is 13.3. The van der Waals surface area contributed by atoms with E-state index in [0.29, 0.717) is 48.9 Å². The molecule has 6 rings (SSSR count). The molecule has 3 aromatic heterocycles. The van der Waals surface area contributed by atoms with Crippen LogP contribution in [-0.4, -0.2) is 57.0 Å². The summed E-state index contributed by atoms with van der Waals surface area (Å²) in [6.07, 6.45) is 0.797. The number of fused-ring (bicyclic) bond motifs is 1. The van der Waals surface area contributed by atoms with E-state index in [2.05, 4.69) is 22.0 Å². The van der Waals surface area contributed by atoms with Crippen LogP contribution in [0.2, 0.25) is 0 Å². The average Bonchev–Trinajstić information content (AvgIpc) is 3.63. The number of hydrogen-bond acceptors (Lipinski definition) is 8. The number of ether oxygens (including phenoxy) is 1. The van der Waals surface area contributed by atoms with Gasteiger partial charge in [0.2, 0.25) is 0 Å². The van der Waals surface area contributed by atoms with Gasteiger partial charge in [0.1, 0.15) is 4.83 Å². The number of rotatable bonds is 8. The van der Waals surface area contributed by atoms with E-state index in [1.54, 1.807) is 4.57 Å². The summed E-state index contributed by atoms with van der Waals surface area (Å²) in [4.78, 5) is 45.2. The predicted octanol–water partition coefficient (Wildman–Crippen LogP) is 0.294. The van der Waals surface area contributed by atoms with Crippen LogP contribution in [0.1, 0.15) is 18.8 Å². The summed E-state index contributed by atoms with van der Waals surface area (Å²) in [5, 5.41) is 4.43. The fourth-order valence-corrected chi connectivity index (χ4v) is 6.16. The summed E-state index contributed by atoms with van der Waals surface area (Å²) in [5.74, 6) is -0.245. The van der Waals surface area contributed by atoms with Crippen LogP contribution >= 0.6 is 11.3 Å². The van der Waals surface area contributed by atoms with E-state index in [1.165, 1.54) is 15.9 Å². The van der Waals surface area contributed by atoms with Gasteiger partial charge in [-0.15, -0.1) is 11.3 Å². The third kappa shape index (κ3) is 6.35. The second-order valence-corrected chi connectivity index (χ2v) is 10.9. The Morgan fingerprint density at radius 1 is 0.976 bits per heavy atom. The van der Waals surface area contributed by atoms with Gasteiger partial charge < -0.3 is 6.16 Å². The average molecular weight is 600 g/mol. The normalized spacial score (nSPS) is 13.9. The first-order chi connectivity index (χ1) is 19.5. The zero-order chi connectivity index (χ0) is 27.6. The summed E-state index contributed by atoms with van der Waals surface area (Å²) in [6.45, 7) is 6.28. The van der Waals surface area contributed by atoms with Gasteiger partial charge in [-0.05, 0) is 29.2 Å². The van der Waals surface area contributed by atoms with E-state index in [0.717, 1.165) is 46.6 Å². The Morgan fingerprint density at radius 2 is 1.71 bits per heavy atom. The quantitative estimate of drug-likeness (QED) is 0.255. The number of thiophene rings is 1. The summed E-state index contributed by atoms with van der Waals surface area (Å²) >= 11 is 1.51. The smallest absolute Gasteiger partial charge is 1.00 e. The molecule has 41 heavy (non-hydrogen) atoms. The monoisotopic (exact) mass is 599 g/mol. The SMILES string of the molecule is CCc1cc2c(=O)n(CCN3CCOCC3)c(=O)n(Cc3ccc(-c4ccccc4-c4noc(=O)[nH]4)cc3)c2s1.[H-].[K+]. The zero-order valence-electron chi connectivity index (χ0n) is 24.1. The van der Waals surface area contributed by atoms with Crippen molar-refractivity contribution in [2.45, 2.75) is 26.4 Å². The Balaban J connectivity index is 0.00000202. The fraction of sp³-hybridized carbons (Fsp3) is 0.310. The van der Waals surface area contributed by atoms with E-state index in [1.807, 2.05) is 54.6 Å². The van der Waals surface area contributed by atoms with Gasteiger partial charge >= 0.3 is 62.8 Å². The van der Waals surface area contributed by atoms with E-state index in [4.69, 9.17) is 9.26 Å². The minimum atomic E-state index is -0.608. The molecule has 4 heterocycles. The molecule has 0 unspecified atom stereocenters. The Morgan fingerprint density at radius 3 is 2.39 bits per heavy atom. The minimum absolute atomic E-state index is 0. The van der Waals surface area contributed by atoms with Gasteiger partial charge in [0.15, 0.2) is 5.82 Å². The molecule has 1 saturated heterocycles. The molecule has 0 bridgehead atoms. The van der Waals surface area contributed by atoms with Crippen molar-refractivity contribution in [3.05, 3.63) is 96.4 Å². The molecule has 1 N–H and O–H groups in total. The van der Waals surface area contributed by atoms with Crippen LogP contribution in [0, 0.1) is 0 Å². The molecule has 12 heteroatoms. The number of aromatic nitrogens is 4. The van der Waals surface area contributed by atoms with Gasteiger partial charge in [-0.1, -0.05) is 60.6 Å². The van der Waals surface area contributed by atoms with Crippen LogP contribution in [-0.2, 0) is 24.2 Å². The van der Waals surface area contributed by atoms with E-state index < -0.39 is 5.76 Å². The molecule has 1 aliphatic rings. The first-order valence-corrected chi connectivity index (χ1v) is 14.1. The van der Waals surface area contributed by atoms with Crippen LogP contribution in [0.4, 0.5) is 0 Å². The number of H-pyrrole nitrogens is 1. The molecule has 2 aromatic carbocycles. The summed E-state index contributed by atoms with van der Waals surface area (Å²) in [6, 6.07) is 17.5. The maximum Gasteiger partial charge on any atom is 1.00 e. The van der Waals surface area contributed by atoms with Crippen molar-refractivity contribution in [2.75, 3.05) is 32.8 Å². The maximum absolute atomic E-state index is 13.7. The molecule has 1 fully saturated rings. The Kier molecular flexibility index (Phi) is 9.72. The van der Waals surface area contributed by atoms with Crippen molar-refractivity contribution in [1.82, 2.24) is 24.2 Å². The van der Waals surface area contributed by atoms with E-state index in [-0.39, 0.29) is 64.1 Å². The summed E-state index contributed by atoms with van der Waals surface area (Å²) in [5.41, 5.74) is 2.99. The number of aryl methyl sites for hydroxylation is 1. The number of nitrogens with zero attached hydrogens (tertiary/aromatic N) is 4. The maximum atomic E-state index is 13.7. The van der Waals surface area contributed by atoms with Crippen molar-refractivity contribution in [2.24, 2.45) is 0 Å². The van der Waals surface area contributed by atoms with Gasteiger partial charge in [0, 0.05) is 36.6 Å². The predicted molar refractivity (Wildman–Crippen MR) is 155 cm³/mol. The van der Waals surface area contributed by atoms with Crippen LogP contribution in [0.25, 0.3) is 32.7 Å². The Hall–Kier alpha value is -2.42. The number of hydrogen-bond donors (Lipinski definition) is 1. The van der Waals surface area contributed by atoms with Crippen molar-refractivity contribution in [1.29, 1.82) is 0 Å². The number of morpholine rings is 1. The number of benzene rings is 2. The van der Waals surface area contributed by atoms with Crippen LogP contribution < -0.4 is 68.4 Å². The second kappa shape index (κ2) is 13.3. The molecular formula is C29H30KN5O5S. The molecule has 0 spiro atoms. The van der Waals surface area contributed by atoms with E-state index in [9.17, 15) is 14.4 Å². The molecule has 0 radical (unpaired) electrons. The minimum Gasteiger partial charge on any atom is -1.00 e. The first kappa shape index (κ1) is 30.0. The van der Waals surface area contributed by atoms with Crippen molar-refractivity contribution in [3.8, 4) is 22.5 Å². The molecule has 0 atom stereocenters. The van der Waals surface area contributed by atoms with Crippen molar-refractivity contribution >= 4 is 21.6 Å². The number of aromatic amines is 1. The second-order valence-electron chi connectivity index (χ2n) is 9.75. The third-order valence-electron chi connectivity index (χ3n) is 7.27. The summed E-state index contributed by atoms with van der Waals surface area (Å²) in [7, 11) is 0. The van der Waals surface area contributed by atoms with Gasteiger partial charge in [-0.3, -0.25) is 28.3 Å². The van der Waals surface area contributed by atoms with Gasteiger partial charge in [0.05, 0.1) is 25.1 Å². The molecule has 1 aliphatic heterocycles. The molecule has 0 aliphatic carbocycles. The molecule has 10 nitrogen and oxygen atoms in total. The third-order valence-corrected chi connectivity index (χ3v) is 8.57. The zero-order valence-corrected chi connectivity index (χ0v) is 27.0. The van der Waals surface area contributed by atoms with Crippen molar-refractivity contribution < 1.29 is 62.1 Å². The Bertz CT molecular complexity index is 1840. The van der Waals surface area contributed by atoms with Gasteiger partial charge in [-0.2, -0.15) is 0 Å². The van der Waals surface area contributed by atoms with Crippen LogP contribution in [0.3, 0.4) is 0 Å². The van der Waals surface area contributed by atoms with Crippen LogP contribution in [0.5, 0.6) is 0 Å². The van der Waals surface area contributed by atoms with Gasteiger partial charge in [0.25, 0.3) is 5.56 Å². The number of nitrogens with one attached hydrogen (secondary N) is 1. The largest absolute Gasteiger partial charge is 1.00 e. The topological polar surface area (TPSA) is 115 Å². The molecular weight excluding hydrogens is 570 g/mol. The molecule has 208 valence electrons.